The van der Waals surface area contributed by atoms with Gasteiger partial charge in [0, 0.05) is 5.69 Å². The number of carboxylic acids is 1. The fraction of sp³-hybridized carbons (Fsp3) is 0.125. The van der Waals surface area contributed by atoms with Gasteiger partial charge in [0.2, 0.25) is 5.91 Å². The number of hydrogen-bond donors (Lipinski definition) is 3. The van der Waals surface area contributed by atoms with E-state index in [1.165, 1.54) is 12.1 Å². The van der Waals surface area contributed by atoms with Crippen LogP contribution in [-0.4, -0.2) is 17.0 Å². The summed E-state index contributed by atoms with van der Waals surface area (Å²) in [5.74, 6) is -1.43. The van der Waals surface area contributed by atoms with Crippen molar-refractivity contribution >= 4 is 17.6 Å². The van der Waals surface area contributed by atoms with Gasteiger partial charge >= 0.3 is 5.97 Å². The summed E-state index contributed by atoms with van der Waals surface area (Å²) < 4.78 is 0. The Bertz CT molecular complexity index is 668. The van der Waals surface area contributed by atoms with Gasteiger partial charge in [-0.3, -0.25) is 4.79 Å². The van der Waals surface area contributed by atoms with E-state index in [-0.39, 0.29) is 11.5 Å². The fourth-order valence-electron chi connectivity index (χ4n) is 1.91. The van der Waals surface area contributed by atoms with Crippen LogP contribution in [0.3, 0.4) is 0 Å². The molecule has 0 heterocycles. The van der Waals surface area contributed by atoms with Crippen LogP contribution in [0.5, 0.6) is 0 Å². The molecule has 0 spiro atoms. The molecule has 5 heteroatoms. The number of benzene rings is 2. The zero-order valence-electron chi connectivity index (χ0n) is 11.5. The molecule has 0 bridgehead atoms. The number of carbonyl (C=O) groups is 2. The highest BCUT2D eigenvalue weighted by molar-refractivity contribution is 5.97. The van der Waals surface area contributed by atoms with Crippen molar-refractivity contribution in [3.63, 3.8) is 0 Å². The lowest BCUT2D eigenvalue weighted by molar-refractivity contribution is -0.117. The summed E-state index contributed by atoms with van der Waals surface area (Å²) in [4.78, 5) is 23.1. The molecule has 2 aromatic rings. The molecular weight excluding hydrogens is 268 g/mol. The Morgan fingerprint density at radius 2 is 1.81 bits per heavy atom. The van der Waals surface area contributed by atoms with Gasteiger partial charge in [-0.05, 0) is 30.2 Å². The number of hydrogen-bond acceptors (Lipinski definition) is 3. The average molecular weight is 284 g/mol. The summed E-state index contributed by atoms with van der Waals surface area (Å²) in [5, 5.41) is 11.7. The van der Waals surface area contributed by atoms with Gasteiger partial charge in [-0.15, -0.1) is 0 Å². The Morgan fingerprint density at radius 1 is 1.14 bits per heavy atom. The number of aromatic carboxylic acids is 1. The van der Waals surface area contributed by atoms with Gasteiger partial charge in [-0.2, -0.15) is 0 Å². The van der Waals surface area contributed by atoms with Crippen molar-refractivity contribution in [2.75, 3.05) is 5.32 Å². The van der Waals surface area contributed by atoms with Gasteiger partial charge in [-0.25, -0.2) is 4.79 Å². The molecule has 0 aromatic heterocycles. The lowest BCUT2D eigenvalue weighted by Gasteiger charge is -2.14. The Balaban J connectivity index is 2.20. The first-order valence-electron chi connectivity index (χ1n) is 6.44. The molecule has 4 N–H and O–H groups in total. The van der Waals surface area contributed by atoms with Crippen molar-refractivity contribution in [3.05, 3.63) is 65.2 Å². The van der Waals surface area contributed by atoms with Gasteiger partial charge in [-0.1, -0.05) is 36.4 Å². The molecule has 1 atom stereocenters. The molecule has 0 aliphatic carbocycles. The highest BCUT2D eigenvalue weighted by Crippen LogP contribution is 2.19. The Kier molecular flexibility index (Phi) is 4.35. The van der Waals surface area contributed by atoms with Crippen LogP contribution in [0.15, 0.2) is 48.5 Å². The van der Waals surface area contributed by atoms with E-state index in [4.69, 9.17) is 10.8 Å². The fourth-order valence-corrected chi connectivity index (χ4v) is 1.91. The summed E-state index contributed by atoms with van der Waals surface area (Å²) in [7, 11) is 0. The number of carboxylic acid groups (broad SMARTS) is 1. The van der Waals surface area contributed by atoms with Crippen LogP contribution in [0.2, 0.25) is 0 Å². The van der Waals surface area contributed by atoms with Crippen molar-refractivity contribution in [1.82, 2.24) is 0 Å². The van der Waals surface area contributed by atoms with Crippen molar-refractivity contribution in [2.24, 2.45) is 5.73 Å². The zero-order chi connectivity index (χ0) is 15.4. The molecule has 0 radical (unpaired) electrons. The molecular formula is C16H16N2O3. The summed E-state index contributed by atoms with van der Waals surface area (Å²) in [6, 6.07) is 12.7. The topological polar surface area (TPSA) is 92.4 Å². The highest BCUT2D eigenvalue weighted by atomic mass is 16.4. The largest absolute Gasteiger partial charge is 0.478 e. The van der Waals surface area contributed by atoms with E-state index in [0.717, 1.165) is 5.56 Å². The van der Waals surface area contributed by atoms with E-state index >= 15 is 0 Å². The normalized spacial score (nSPS) is 11.7. The second kappa shape index (κ2) is 6.19. The monoisotopic (exact) mass is 284 g/mol. The molecule has 2 rings (SSSR count). The summed E-state index contributed by atoms with van der Waals surface area (Å²) in [6.45, 7) is 1.79. The molecule has 0 unspecified atom stereocenters. The maximum Gasteiger partial charge on any atom is 0.335 e. The number of aryl methyl sites for hydroxylation is 1. The smallest absolute Gasteiger partial charge is 0.335 e. The highest BCUT2D eigenvalue weighted by Gasteiger charge is 2.17. The molecule has 1 amide bonds. The van der Waals surface area contributed by atoms with Gasteiger partial charge in [0.15, 0.2) is 0 Å². The molecule has 0 aliphatic heterocycles. The molecule has 5 nitrogen and oxygen atoms in total. The van der Waals surface area contributed by atoms with Crippen LogP contribution in [0.25, 0.3) is 0 Å². The summed E-state index contributed by atoms with van der Waals surface area (Å²) >= 11 is 0. The molecule has 0 fully saturated rings. The average Bonchev–Trinajstić information content (AvgIpc) is 2.49. The Hall–Kier alpha value is -2.66. The molecule has 0 aliphatic rings. The van der Waals surface area contributed by atoms with Crippen LogP contribution < -0.4 is 11.1 Å². The van der Waals surface area contributed by atoms with Crippen molar-refractivity contribution in [3.8, 4) is 0 Å². The van der Waals surface area contributed by atoms with E-state index in [2.05, 4.69) is 5.32 Å². The van der Waals surface area contributed by atoms with Gasteiger partial charge in [0.1, 0.15) is 6.04 Å². The lowest BCUT2D eigenvalue weighted by atomic mass is 10.1. The molecule has 0 saturated heterocycles. The molecule has 21 heavy (non-hydrogen) atoms. The van der Waals surface area contributed by atoms with Gasteiger partial charge in [0.05, 0.1) is 5.56 Å². The third-order valence-electron chi connectivity index (χ3n) is 3.18. The van der Waals surface area contributed by atoms with Crippen LogP contribution in [0, 0.1) is 6.92 Å². The van der Waals surface area contributed by atoms with E-state index in [1.807, 2.05) is 6.07 Å². The quantitative estimate of drug-likeness (QED) is 0.803. The van der Waals surface area contributed by atoms with E-state index < -0.39 is 12.0 Å². The van der Waals surface area contributed by atoms with Crippen molar-refractivity contribution in [1.29, 1.82) is 0 Å². The standard InChI is InChI=1S/C16H16N2O3/c1-10-7-8-12(16(20)21)9-13(10)18-15(19)14(17)11-5-3-2-4-6-11/h2-9,14H,17H2,1H3,(H,18,19)(H,20,21)/t14-/m1/s1. The minimum absolute atomic E-state index is 0.115. The van der Waals surface area contributed by atoms with Crippen LogP contribution >= 0.6 is 0 Å². The summed E-state index contributed by atoms with van der Waals surface area (Å²) in [5.41, 5.74) is 7.94. The number of nitrogens with two attached hydrogens (primary N) is 1. The predicted octanol–water partition coefficient (Wildman–Crippen LogP) is 2.33. The Morgan fingerprint density at radius 3 is 2.43 bits per heavy atom. The zero-order valence-corrected chi connectivity index (χ0v) is 11.5. The van der Waals surface area contributed by atoms with Crippen LogP contribution in [-0.2, 0) is 4.79 Å². The maximum absolute atomic E-state index is 12.2. The molecule has 108 valence electrons. The number of rotatable bonds is 4. The Labute approximate surface area is 122 Å². The van der Waals surface area contributed by atoms with E-state index in [1.54, 1.807) is 37.3 Å². The van der Waals surface area contributed by atoms with Gasteiger partial charge in [0.25, 0.3) is 0 Å². The molecule has 2 aromatic carbocycles. The van der Waals surface area contributed by atoms with Crippen molar-refractivity contribution < 1.29 is 14.7 Å². The first-order valence-corrected chi connectivity index (χ1v) is 6.44. The van der Waals surface area contributed by atoms with Crippen LogP contribution in [0.1, 0.15) is 27.5 Å². The first-order chi connectivity index (χ1) is 9.99. The minimum Gasteiger partial charge on any atom is -0.478 e. The lowest BCUT2D eigenvalue weighted by Crippen LogP contribution is -2.28. The number of anilines is 1. The molecule has 0 saturated carbocycles. The summed E-state index contributed by atoms with van der Waals surface area (Å²) in [6.07, 6.45) is 0. The van der Waals surface area contributed by atoms with Gasteiger partial charge < -0.3 is 16.2 Å². The van der Waals surface area contributed by atoms with E-state index in [9.17, 15) is 9.59 Å². The maximum atomic E-state index is 12.2. The number of nitrogens with one attached hydrogen (secondary N) is 1. The van der Waals surface area contributed by atoms with E-state index in [0.29, 0.717) is 11.3 Å². The third-order valence-corrected chi connectivity index (χ3v) is 3.18. The third kappa shape index (κ3) is 3.46. The SMILES string of the molecule is Cc1ccc(C(=O)O)cc1NC(=O)[C@H](N)c1ccccc1. The second-order valence-corrected chi connectivity index (χ2v) is 4.71. The first kappa shape index (κ1) is 14.7. The second-order valence-electron chi connectivity index (χ2n) is 4.71. The van der Waals surface area contributed by atoms with Crippen LogP contribution in [0.4, 0.5) is 5.69 Å². The minimum atomic E-state index is -1.04. The van der Waals surface area contributed by atoms with Crippen molar-refractivity contribution in [2.45, 2.75) is 13.0 Å². The predicted molar refractivity (Wildman–Crippen MR) is 80.1 cm³/mol. The number of carbonyl (C=O) groups excluding carboxylic acids is 1. The number of amides is 1.